The van der Waals surface area contributed by atoms with Gasteiger partial charge in [-0.25, -0.2) is 8.42 Å². The fourth-order valence-corrected chi connectivity index (χ4v) is 4.64. The molecule has 0 unspecified atom stereocenters. The Kier molecular flexibility index (Phi) is 5.57. The average Bonchev–Trinajstić information content (AvgIpc) is 2.47. The van der Waals surface area contributed by atoms with Crippen LogP contribution in [-0.4, -0.2) is 31.7 Å². The molecule has 1 aliphatic rings. The summed E-state index contributed by atoms with van der Waals surface area (Å²) in [6.07, 6.45) is -0.0513. The van der Waals surface area contributed by atoms with Gasteiger partial charge >= 0.3 is 6.36 Å². The van der Waals surface area contributed by atoms with E-state index in [1.54, 1.807) is 6.92 Å². The smallest absolute Gasteiger partial charge is 0.406 e. The molecule has 0 atom stereocenters. The first kappa shape index (κ1) is 18.1. The lowest BCUT2D eigenvalue weighted by Gasteiger charge is -2.32. The minimum Gasteiger partial charge on any atom is -0.406 e. The van der Waals surface area contributed by atoms with Crippen LogP contribution < -0.4 is 4.74 Å². The Bertz CT molecular complexity index is 608. The van der Waals surface area contributed by atoms with Crippen LogP contribution in [0.1, 0.15) is 39.0 Å². The zero-order chi connectivity index (χ0) is 17.1. The van der Waals surface area contributed by atoms with Crippen molar-refractivity contribution in [2.75, 3.05) is 6.54 Å². The van der Waals surface area contributed by atoms with Gasteiger partial charge in [-0.1, -0.05) is 26.2 Å². The molecule has 0 saturated heterocycles. The number of hydrogen-bond acceptors (Lipinski definition) is 3. The van der Waals surface area contributed by atoms with Gasteiger partial charge in [0.25, 0.3) is 0 Å². The second-order valence-corrected chi connectivity index (χ2v) is 7.41. The van der Waals surface area contributed by atoms with Crippen molar-refractivity contribution in [1.29, 1.82) is 0 Å². The van der Waals surface area contributed by atoms with Gasteiger partial charge in [-0.2, -0.15) is 4.31 Å². The van der Waals surface area contributed by atoms with Crippen molar-refractivity contribution in [1.82, 2.24) is 4.31 Å². The summed E-state index contributed by atoms with van der Waals surface area (Å²) in [5.41, 5.74) is 0. The molecule has 0 aliphatic heterocycles. The van der Waals surface area contributed by atoms with E-state index in [9.17, 15) is 21.6 Å². The van der Waals surface area contributed by atoms with Gasteiger partial charge in [0.05, 0.1) is 4.90 Å². The quantitative estimate of drug-likeness (QED) is 0.807. The highest BCUT2D eigenvalue weighted by molar-refractivity contribution is 7.89. The Labute approximate surface area is 134 Å². The van der Waals surface area contributed by atoms with Gasteiger partial charge in [-0.3, -0.25) is 0 Å². The molecule has 8 heteroatoms. The number of alkyl halides is 3. The maximum absolute atomic E-state index is 12.7. The molecule has 2 rings (SSSR count). The molecule has 4 nitrogen and oxygen atoms in total. The molecule has 1 saturated carbocycles. The number of rotatable bonds is 5. The van der Waals surface area contributed by atoms with Gasteiger partial charge in [0.15, 0.2) is 0 Å². The summed E-state index contributed by atoms with van der Waals surface area (Å²) in [5, 5.41) is 0. The molecule has 0 spiro atoms. The van der Waals surface area contributed by atoms with E-state index in [0.29, 0.717) is 6.54 Å². The van der Waals surface area contributed by atoms with Crippen molar-refractivity contribution >= 4 is 10.0 Å². The monoisotopic (exact) mass is 351 g/mol. The van der Waals surface area contributed by atoms with Crippen molar-refractivity contribution in [2.45, 2.75) is 56.3 Å². The average molecular weight is 351 g/mol. The molecule has 0 N–H and O–H groups in total. The zero-order valence-electron chi connectivity index (χ0n) is 12.8. The van der Waals surface area contributed by atoms with Gasteiger partial charge in [-0.05, 0) is 37.1 Å². The normalized spacial score (nSPS) is 17.4. The van der Waals surface area contributed by atoms with Crippen molar-refractivity contribution in [3.63, 3.8) is 0 Å². The zero-order valence-corrected chi connectivity index (χ0v) is 13.7. The minimum absolute atomic E-state index is 0.0144. The summed E-state index contributed by atoms with van der Waals surface area (Å²) in [7, 11) is -3.71. The van der Waals surface area contributed by atoms with E-state index in [4.69, 9.17) is 0 Å². The highest BCUT2D eigenvalue weighted by atomic mass is 32.2. The van der Waals surface area contributed by atoms with Gasteiger partial charge in [0.1, 0.15) is 5.75 Å². The Morgan fingerprint density at radius 3 is 2.17 bits per heavy atom. The molecule has 130 valence electrons. The molecule has 1 fully saturated rings. The summed E-state index contributed by atoms with van der Waals surface area (Å²) in [6, 6.07) is 4.32. The highest BCUT2D eigenvalue weighted by Gasteiger charge is 2.33. The summed E-state index contributed by atoms with van der Waals surface area (Å²) in [4.78, 5) is -0.0144. The van der Waals surface area contributed by atoms with Gasteiger partial charge < -0.3 is 4.74 Å². The Balaban J connectivity index is 2.20. The second-order valence-electron chi connectivity index (χ2n) is 5.52. The van der Waals surface area contributed by atoms with Crippen LogP contribution in [-0.2, 0) is 10.0 Å². The largest absolute Gasteiger partial charge is 0.573 e. The lowest BCUT2D eigenvalue weighted by molar-refractivity contribution is -0.274. The van der Waals surface area contributed by atoms with E-state index in [0.717, 1.165) is 56.4 Å². The second kappa shape index (κ2) is 7.09. The molecule has 0 aromatic heterocycles. The first-order valence-electron chi connectivity index (χ1n) is 7.61. The van der Waals surface area contributed by atoms with E-state index in [1.807, 2.05) is 0 Å². The summed E-state index contributed by atoms with van der Waals surface area (Å²) in [5.74, 6) is -0.433. The molecule has 0 heterocycles. The predicted molar refractivity (Wildman–Crippen MR) is 79.6 cm³/mol. The van der Waals surface area contributed by atoms with Crippen LogP contribution in [0.3, 0.4) is 0 Å². The third kappa shape index (κ3) is 4.60. The predicted octanol–water partition coefficient (Wildman–Crippen LogP) is 3.93. The van der Waals surface area contributed by atoms with Gasteiger partial charge in [-0.15, -0.1) is 13.2 Å². The molecule has 1 aromatic carbocycles. The van der Waals surface area contributed by atoms with Gasteiger partial charge in [0.2, 0.25) is 10.0 Å². The van der Waals surface area contributed by atoms with Crippen LogP contribution in [0.25, 0.3) is 0 Å². The van der Waals surface area contributed by atoms with Crippen molar-refractivity contribution < 1.29 is 26.3 Å². The topological polar surface area (TPSA) is 46.6 Å². The van der Waals surface area contributed by atoms with Crippen LogP contribution in [0.4, 0.5) is 13.2 Å². The lowest BCUT2D eigenvalue weighted by atomic mass is 9.95. The number of benzene rings is 1. The first-order chi connectivity index (χ1) is 10.7. The Morgan fingerprint density at radius 2 is 1.70 bits per heavy atom. The standard InChI is InChI=1S/C15H20F3NO3S/c1-2-19(12-6-4-3-5-7-12)23(20,21)14-10-8-13(9-11-14)22-15(16,17)18/h8-12H,2-7H2,1H3. The maximum atomic E-state index is 12.7. The van der Waals surface area contributed by atoms with E-state index in [2.05, 4.69) is 4.74 Å². The van der Waals surface area contributed by atoms with E-state index in [1.165, 1.54) is 4.31 Å². The number of nitrogens with zero attached hydrogens (tertiary/aromatic N) is 1. The van der Waals surface area contributed by atoms with E-state index in [-0.39, 0.29) is 10.9 Å². The molecule has 0 amide bonds. The summed E-state index contributed by atoms with van der Waals surface area (Å²) < 4.78 is 67.1. The third-order valence-electron chi connectivity index (χ3n) is 3.96. The molecule has 23 heavy (non-hydrogen) atoms. The number of ether oxygens (including phenoxy) is 1. The lowest BCUT2D eigenvalue weighted by Crippen LogP contribution is -2.41. The summed E-state index contributed by atoms with van der Waals surface area (Å²) >= 11 is 0. The molecule has 0 radical (unpaired) electrons. The van der Waals surface area contributed by atoms with Crippen molar-refractivity contribution in [3.8, 4) is 5.75 Å². The van der Waals surface area contributed by atoms with E-state index >= 15 is 0 Å². The van der Waals surface area contributed by atoms with Crippen molar-refractivity contribution in [2.24, 2.45) is 0 Å². The number of halogens is 3. The maximum Gasteiger partial charge on any atom is 0.573 e. The molecule has 1 aromatic rings. The van der Waals surface area contributed by atoms with Crippen LogP contribution >= 0.6 is 0 Å². The van der Waals surface area contributed by atoms with E-state index < -0.39 is 22.1 Å². The highest BCUT2D eigenvalue weighted by Crippen LogP contribution is 2.29. The SMILES string of the molecule is CCN(C1CCCCC1)S(=O)(=O)c1ccc(OC(F)(F)F)cc1. The molecule has 1 aliphatic carbocycles. The minimum atomic E-state index is -4.79. The number of sulfonamides is 1. The number of hydrogen-bond donors (Lipinski definition) is 0. The Hall–Kier alpha value is -1.28. The molecule has 0 bridgehead atoms. The molecular formula is C15H20F3NO3S. The summed E-state index contributed by atoms with van der Waals surface area (Å²) in [6.45, 7) is 2.11. The van der Waals surface area contributed by atoms with Crippen molar-refractivity contribution in [3.05, 3.63) is 24.3 Å². The fraction of sp³-hybridized carbons (Fsp3) is 0.600. The van der Waals surface area contributed by atoms with Crippen LogP contribution in [0.15, 0.2) is 29.2 Å². The Morgan fingerprint density at radius 1 is 1.13 bits per heavy atom. The third-order valence-corrected chi connectivity index (χ3v) is 6.00. The van der Waals surface area contributed by atoms with Crippen LogP contribution in [0.2, 0.25) is 0 Å². The fourth-order valence-electron chi connectivity index (χ4n) is 2.94. The van der Waals surface area contributed by atoms with Crippen LogP contribution in [0.5, 0.6) is 5.75 Å². The van der Waals surface area contributed by atoms with Crippen LogP contribution in [0, 0.1) is 0 Å². The van der Waals surface area contributed by atoms with Gasteiger partial charge in [0, 0.05) is 12.6 Å². The first-order valence-corrected chi connectivity index (χ1v) is 9.05. The molecular weight excluding hydrogens is 331 g/mol.